The summed E-state index contributed by atoms with van der Waals surface area (Å²) in [6.07, 6.45) is 0.381. The van der Waals surface area contributed by atoms with Gasteiger partial charge >= 0.3 is 5.97 Å². The van der Waals surface area contributed by atoms with Gasteiger partial charge in [-0.25, -0.2) is 4.79 Å². The first-order chi connectivity index (χ1) is 13.7. The van der Waals surface area contributed by atoms with E-state index >= 15 is 0 Å². The summed E-state index contributed by atoms with van der Waals surface area (Å²) >= 11 is 5.78. The Hall–Kier alpha value is -3.26. The van der Waals surface area contributed by atoms with Crippen LogP contribution in [0.1, 0.15) is 41.0 Å². The summed E-state index contributed by atoms with van der Waals surface area (Å²) in [7, 11) is 0. The lowest BCUT2D eigenvalue weighted by atomic mass is 10.1. The number of nitrogens with zero attached hydrogens (tertiary/aromatic N) is 1. The fourth-order valence-electron chi connectivity index (χ4n) is 2.45. The number of hydrogen-bond donors (Lipinski definition) is 1. The summed E-state index contributed by atoms with van der Waals surface area (Å²) in [6, 6.07) is 9.59. The molecule has 1 N–H and O–H groups in total. The molecule has 2 rings (SSSR count). The quantitative estimate of drug-likeness (QED) is 0.296. The molecule has 0 radical (unpaired) electrons. The third kappa shape index (κ3) is 6.39. The van der Waals surface area contributed by atoms with E-state index < -0.39 is 29.0 Å². The molecule has 9 heteroatoms. The smallest absolute Gasteiger partial charge is 0.345 e. The van der Waals surface area contributed by atoms with Crippen molar-refractivity contribution in [3.05, 3.63) is 68.7 Å². The topological polar surface area (TPSA) is 116 Å². The zero-order valence-electron chi connectivity index (χ0n) is 15.8. The highest BCUT2D eigenvalue weighted by atomic mass is 35.5. The van der Waals surface area contributed by atoms with Gasteiger partial charge in [0.25, 0.3) is 5.69 Å². The third-order valence-electron chi connectivity index (χ3n) is 3.79. The second-order valence-corrected chi connectivity index (χ2v) is 7.08. The Bertz CT molecular complexity index is 940. The van der Waals surface area contributed by atoms with E-state index in [9.17, 15) is 24.5 Å². The minimum Gasteiger partial charge on any atom is -0.454 e. The van der Waals surface area contributed by atoms with Crippen molar-refractivity contribution in [1.29, 1.82) is 0 Å². The number of nitro benzene ring substituents is 1. The average Bonchev–Trinajstić information content (AvgIpc) is 2.65. The standard InChI is InChI=1S/C20H19ClN2O6/c1-12(2)9-19(25)22-15-6-3-13(4-7-15)18(24)11-29-20(26)16-10-14(21)5-8-17(16)23(27)28/h3-8,10,12H,9,11H2,1-2H3,(H,22,25). The number of halogens is 1. The second kappa shape index (κ2) is 9.79. The minimum atomic E-state index is -1.02. The molecule has 0 saturated carbocycles. The number of Topliss-reactive ketones (excluding diaryl/α,β-unsaturated/α-hetero) is 1. The highest BCUT2D eigenvalue weighted by Crippen LogP contribution is 2.23. The van der Waals surface area contributed by atoms with Crippen LogP contribution in [0.3, 0.4) is 0 Å². The second-order valence-electron chi connectivity index (χ2n) is 6.64. The van der Waals surface area contributed by atoms with E-state index in [4.69, 9.17) is 16.3 Å². The van der Waals surface area contributed by atoms with Crippen LogP contribution in [0.15, 0.2) is 42.5 Å². The average molecular weight is 419 g/mol. The number of benzene rings is 2. The van der Waals surface area contributed by atoms with Gasteiger partial charge in [0, 0.05) is 28.8 Å². The van der Waals surface area contributed by atoms with Crippen LogP contribution in [0, 0.1) is 16.0 Å². The van der Waals surface area contributed by atoms with Crippen LogP contribution in [-0.4, -0.2) is 29.2 Å². The van der Waals surface area contributed by atoms with Crippen molar-refractivity contribution in [1.82, 2.24) is 0 Å². The molecule has 8 nitrogen and oxygen atoms in total. The Morgan fingerprint density at radius 3 is 2.38 bits per heavy atom. The summed E-state index contributed by atoms with van der Waals surface area (Å²) in [5.41, 5.74) is 0.00542. The van der Waals surface area contributed by atoms with Crippen molar-refractivity contribution in [2.75, 3.05) is 11.9 Å². The molecule has 0 saturated heterocycles. The Labute approximate surface area is 172 Å². The molecule has 0 spiro atoms. The SMILES string of the molecule is CC(C)CC(=O)Nc1ccc(C(=O)COC(=O)c2cc(Cl)ccc2[N+](=O)[O-])cc1. The first kappa shape index (κ1) is 22.0. The molecular formula is C20H19ClN2O6. The Kier molecular flexibility index (Phi) is 7.44. The molecule has 2 aromatic rings. The summed E-state index contributed by atoms with van der Waals surface area (Å²) < 4.78 is 4.91. The van der Waals surface area contributed by atoms with Gasteiger partial charge < -0.3 is 10.1 Å². The number of esters is 1. The fourth-order valence-corrected chi connectivity index (χ4v) is 2.62. The van der Waals surface area contributed by atoms with Gasteiger partial charge in [-0.2, -0.15) is 0 Å². The van der Waals surface area contributed by atoms with Crippen LogP contribution in [0.4, 0.5) is 11.4 Å². The number of carbonyl (C=O) groups is 3. The van der Waals surface area contributed by atoms with Crippen molar-refractivity contribution in [3.8, 4) is 0 Å². The molecule has 1 amide bonds. The molecule has 0 aliphatic rings. The van der Waals surface area contributed by atoms with Gasteiger partial charge in [-0.15, -0.1) is 0 Å². The molecular weight excluding hydrogens is 400 g/mol. The van der Waals surface area contributed by atoms with Gasteiger partial charge in [0.15, 0.2) is 12.4 Å². The molecule has 0 atom stereocenters. The van der Waals surface area contributed by atoms with Crippen molar-refractivity contribution in [2.24, 2.45) is 5.92 Å². The molecule has 0 heterocycles. The summed E-state index contributed by atoms with van der Waals surface area (Å²) in [5, 5.41) is 13.9. The van der Waals surface area contributed by atoms with Crippen LogP contribution in [-0.2, 0) is 9.53 Å². The van der Waals surface area contributed by atoms with Crippen molar-refractivity contribution >= 4 is 40.6 Å². The predicted octanol–water partition coefficient (Wildman–Crippen LogP) is 4.27. The van der Waals surface area contributed by atoms with Gasteiger partial charge in [-0.1, -0.05) is 25.4 Å². The maximum absolute atomic E-state index is 12.2. The van der Waals surface area contributed by atoms with Crippen molar-refractivity contribution in [2.45, 2.75) is 20.3 Å². The summed E-state index contributed by atoms with van der Waals surface area (Å²) in [4.78, 5) is 46.4. The monoisotopic (exact) mass is 418 g/mol. The van der Waals surface area contributed by atoms with Gasteiger partial charge in [0.1, 0.15) is 5.56 Å². The number of rotatable bonds is 8. The molecule has 0 bridgehead atoms. The van der Waals surface area contributed by atoms with Crippen LogP contribution in [0.2, 0.25) is 5.02 Å². The number of carbonyl (C=O) groups excluding carboxylic acids is 3. The number of anilines is 1. The number of ketones is 1. The molecule has 2 aromatic carbocycles. The fraction of sp³-hybridized carbons (Fsp3) is 0.250. The number of ether oxygens (including phenoxy) is 1. The van der Waals surface area contributed by atoms with E-state index in [0.717, 1.165) is 12.1 Å². The number of amides is 1. The van der Waals surface area contributed by atoms with Crippen LogP contribution in [0.25, 0.3) is 0 Å². The molecule has 29 heavy (non-hydrogen) atoms. The van der Waals surface area contributed by atoms with E-state index in [1.165, 1.54) is 18.2 Å². The molecule has 0 fully saturated rings. The van der Waals surface area contributed by atoms with E-state index in [1.54, 1.807) is 12.1 Å². The Morgan fingerprint density at radius 2 is 1.79 bits per heavy atom. The maximum atomic E-state index is 12.2. The molecule has 0 aliphatic carbocycles. The zero-order chi connectivity index (χ0) is 21.6. The first-order valence-corrected chi connectivity index (χ1v) is 9.09. The summed E-state index contributed by atoms with van der Waals surface area (Å²) in [6.45, 7) is 3.27. The maximum Gasteiger partial charge on any atom is 0.345 e. The largest absolute Gasteiger partial charge is 0.454 e. The van der Waals surface area contributed by atoms with Gasteiger partial charge in [0.05, 0.1) is 4.92 Å². The zero-order valence-corrected chi connectivity index (χ0v) is 16.6. The molecule has 0 aromatic heterocycles. The third-order valence-corrected chi connectivity index (χ3v) is 4.03. The van der Waals surface area contributed by atoms with Crippen LogP contribution in [0.5, 0.6) is 0 Å². The van der Waals surface area contributed by atoms with Crippen molar-refractivity contribution in [3.63, 3.8) is 0 Å². The molecule has 0 unspecified atom stereocenters. The van der Waals surface area contributed by atoms with Gasteiger partial charge in [0.2, 0.25) is 5.91 Å². The minimum absolute atomic E-state index is 0.129. The summed E-state index contributed by atoms with van der Waals surface area (Å²) in [5.74, 6) is -1.43. The Balaban J connectivity index is 1.99. The van der Waals surface area contributed by atoms with Crippen molar-refractivity contribution < 1.29 is 24.0 Å². The molecule has 0 aliphatic heterocycles. The van der Waals surface area contributed by atoms with E-state index in [1.807, 2.05) is 13.8 Å². The van der Waals surface area contributed by atoms with Crippen LogP contribution < -0.4 is 5.32 Å². The van der Waals surface area contributed by atoms with Gasteiger partial charge in [-0.3, -0.25) is 19.7 Å². The Morgan fingerprint density at radius 1 is 1.14 bits per heavy atom. The highest BCUT2D eigenvalue weighted by Gasteiger charge is 2.22. The van der Waals surface area contributed by atoms with E-state index in [2.05, 4.69) is 5.32 Å². The lowest BCUT2D eigenvalue weighted by Crippen LogP contribution is -2.16. The normalized spacial score (nSPS) is 10.5. The number of hydrogen-bond acceptors (Lipinski definition) is 6. The lowest BCUT2D eigenvalue weighted by Gasteiger charge is -2.08. The molecule has 152 valence electrons. The van der Waals surface area contributed by atoms with E-state index in [-0.39, 0.29) is 28.0 Å². The first-order valence-electron chi connectivity index (χ1n) is 8.71. The number of nitro groups is 1. The predicted molar refractivity (Wildman–Crippen MR) is 107 cm³/mol. The van der Waals surface area contributed by atoms with E-state index in [0.29, 0.717) is 12.1 Å². The van der Waals surface area contributed by atoms with Gasteiger partial charge in [-0.05, 0) is 42.3 Å². The highest BCUT2D eigenvalue weighted by molar-refractivity contribution is 6.31. The number of nitrogens with one attached hydrogen (secondary N) is 1. The lowest BCUT2D eigenvalue weighted by molar-refractivity contribution is -0.385. The van der Waals surface area contributed by atoms with Crippen LogP contribution >= 0.6 is 11.6 Å².